The van der Waals surface area contributed by atoms with Crippen LogP contribution in [0.4, 0.5) is 0 Å². The zero-order chi connectivity index (χ0) is 19.5. The number of aliphatic hydroxyl groups is 1. The third kappa shape index (κ3) is 3.94. The molecular weight excluding hydrogens is 374 g/mol. The van der Waals surface area contributed by atoms with E-state index in [9.17, 15) is 4.79 Å². The molecule has 2 heterocycles. The van der Waals surface area contributed by atoms with Crippen molar-refractivity contribution in [2.24, 2.45) is 5.73 Å². The molecule has 0 spiro atoms. The summed E-state index contributed by atoms with van der Waals surface area (Å²) in [4.78, 5) is 11.8. The van der Waals surface area contributed by atoms with Crippen molar-refractivity contribution in [2.75, 3.05) is 0 Å². The van der Waals surface area contributed by atoms with Crippen LogP contribution in [0.3, 0.4) is 0 Å². The molecule has 0 radical (unpaired) electrons. The maximum Gasteiger partial charge on any atom is 0.283 e. The Hall–Kier alpha value is -2.67. The first-order chi connectivity index (χ1) is 13.6. The van der Waals surface area contributed by atoms with Gasteiger partial charge in [-0.1, -0.05) is 42.5 Å². The van der Waals surface area contributed by atoms with Crippen LogP contribution in [0.2, 0.25) is 0 Å². The van der Waals surface area contributed by atoms with Crippen LogP contribution in [0.1, 0.15) is 29.0 Å². The Kier molecular flexibility index (Phi) is 5.43. The zero-order valence-electron chi connectivity index (χ0n) is 15.2. The molecule has 0 fully saturated rings. The number of rotatable bonds is 6. The highest BCUT2D eigenvalue weighted by Gasteiger charge is 2.29. The molecule has 0 saturated carbocycles. The number of ether oxygens (including phenoxy) is 2. The summed E-state index contributed by atoms with van der Waals surface area (Å²) >= 11 is 1.68. The van der Waals surface area contributed by atoms with E-state index in [4.69, 9.17) is 20.3 Å². The standard InChI is InChI=1S/C22H21NO4S/c23-22(25)19-9-16(18-13-28-20-4-2-1-3-17(18)20)10-21(27-19)26-12-15-7-5-14(11-24)6-8-15/h1-9,13,16,21,24H,10-12H2,(H2,23,25)/t16-,21+/m0/s1. The average Bonchev–Trinajstić information content (AvgIpc) is 3.16. The molecule has 3 aromatic rings. The normalized spacial score (nSPS) is 19.2. The number of allylic oxidation sites excluding steroid dienone is 1. The summed E-state index contributed by atoms with van der Waals surface area (Å²) in [7, 11) is 0. The number of nitrogens with two attached hydrogens (primary N) is 1. The fourth-order valence-electron chi connectivity index (χ4n) is 3.36. The summed E-state index contributed by atoms with van der Waals surface area (Å²) in [5, 5.41) is 12.4. The van der Waals surface area contributed by atoms with Crippen molar-refractivity contribution < 1.29 is 19.4 Å². The van der Waals surface area contributed by atoms with Gasteiger partial charge in [0.2, 0.25) is 6.29 Å². The summed E-state index contributed by atoms with van der Waals surface area (Å²) in [6.45, 7) is 0.357. The number of amides is 1. The van der Waals surface area contributed by atoms with Gasteiger partial charge < -0.3 is 20.3 Å². The quantitative estimate of drug-likeness (QED) is 0.665. The van der Waals surface area contributed by atoms with Gasteiger partial charge in [-0.15, -0.1) is 11.3 Å². The van der Waals surface area contributed by atoms with Crippen molar-refractivity contribution in [3.8, 4) is 0 Å². The first-order valence-electron chi connectivity index (χ1n) is 9.08. The van der Waals surface area contributed by atoms with Crippen molar-refractivity contribution in [1.29, 1.82) is 0 Å². The Balaban J connectivity index is 1.53. The van der Waals surface area contributed by atoms with Gasteiger partial charge in [-0.05, 0) is 39.6 Å². The highest BCUT2D eigenvalue weighted by Crippen LogP contribution is 2.38. The molecule has 1 aromatic heterocycles. The minimum atomic E-state index is -0.592. The first kappa shape index (κ1) is 18.7. The fourth-order valence-corrected chi connectivity index (χ4v) is 4.39. The predicted octanol–water partition coefficient (Wildman–Crippen LogP) is 3.81. The molecule has 0 aliphatic carbocycles. The molecule has 3 N–H and O–H groups in total. The van der Waals surface area contributed by atoms with Crippen molar-refractivity contribution in [3.63, 3.8) is 0 Å². The lowest BCUT2D eigenvalue weighted by atomic mass is 9.92. The van der Waals surface area contributed by atoms with E-state index in [0.717, 1.165) is 16.7 Å². The van der Waals surface area contributed by atoms with Crippen molar-refractivity contribution >= 4 is 27.3 Å². The highest BCUT2D eigenvalue weighted by atomic mass is 32.1. The number of carbonyl (C=O) groups is 1. The van der Waals surface area contributed by atoms with Gasteiger partial charge in [0, 0.05) is 17.0 Å². The van der Waals surface area contributed by atoms with E-state index >= 15 is 0 Å². The molecule has 1 amide bonds. The van der Waals surface area contributed by atoms with E-state index < -0.39 is 12.2 Å². The van der Waals surface area contributed by atoms with E-state index in [2.05, 4.69) is 17.5 Å². The van der Waals surface area contributed by atoms with Gasteiger partial charge >= 0.3 is 0 Å². The Morgan fingerprint density at radius 1 is 1.18 bits per heavy atom. The molecule has 1 aliphatic rings. The number of hydrogen-bond acceptors (Lipinski definition) is 5. The van der Waals surface area contributed by atoms with Crippen LogP contribution in [-0.2, 0) is 27.5 Å². The van der Waals surface area contributed by atoms with Crippen LogP contribution in [0.15, 0.2) is 65.7 Å². The second kappa shape index (κ2) is 8.14. The largest absolute Gasteiger partial charge is 0.459 e. The van der Waals surface area contributed by atoms with E-state index in [1.165, 1.54) is 10.1 Å². The monoisotopic (exact) mass is 395 g/mol. The van der Waals surface area contributed by atoms with Crippen LogP contribution in [0.5, 0.6) is 0 Å². The summed E-state index contributed by atoms with van der Waals surface area (Å²) in [6, 6.07) is 15.7. The van der Waals surface area contributed by atoms with Gasteiger partial charge in [0.05, 0.1) is 13.2 Å². The molecule has 2 aromatic carbocycles. The Morgan fingerprint density at radius 3 is 2.68 bits per heavy atom. The van der Waals surface area contributed by atoms with Crippen LogP contribution in [0.25, 0.3) is 10.1 Å². The summed E-state index contributed by atoms with van der Waals surface area (Å²) in [6.07, 6.45) is 1.84. The molecule has 4 rings (SSSR count). The number of thiophene rings is 1. The van der Waals surface area contributed by atoms with Crippen molar-refractivity contribution in [1.82, 2.24) is 0 Å². The third-order valence-electron chi connectivity index (χ3n) is 4.85. The maximum atomic E-state index is 11.8. The number of aliphatic hydroxyl groups excluding tert-OH is 1. The molecule has 1 aliphatic heterocycles. The Labute approximate surface area is 167 Å². The third-order valence-corrected chi connectivity index (χ3v) is 5.83. The van der Waals surface area contributed by atoms with Crippen LogP contribution < -0.4 is 5.73 Å². The van der Waals surface area contributed by atoms with Gasteiger partial charge in [0.1, 0.15) is 0 Å². The SMILES string of the molecule is NC(=O)C1=C[C@H](c2csc3ccccc23)C[C@H](OCc2ccc(CO)cc2)O1. The Morgan fingerprint density at radius 2 is 1.93 bits per heavy atom. The van der Waals surface area contributed by atoms with Crippen LogP contribution in [-0.4, -0.2) is 17.3 Å². The van der Waals surface area contributed by atoms with Crippen LogP contribution >= 0.6 is 11.3 Å². The van der Waals surface area contributed by atoms with Crippen LogP contribution in [0, 0.1) is 0 Å². The summed E-state index contributed by atoms with van der Waals surface area (Å²) in [5.41, 5.74) is 8.46. The average molecular weight is 395 g/mol. The van der Waals surface area contributed by atoms with E-state index in [-0.39, 0.29) is 18.3 Å². The molecule has 2 atom stereocenters. The zero-order valence-corrected chi connectivity index (χ0v) is 16.0. The molecule has 0 bridgehead atoms. The summed E-state index contributed by atoms with van der Waals surface area (Å²) in [5.74, 6) is -0.452. The highest BCUT2D eigenvalue weighted by molar-refractivity contribution is 7.17. The summed E-state index contributed by atoms with van der Waals surface area (Å²) < 4.78 is 12.8. The molecule has 0 saturated heterocycles. The van der Waals surface area contributed by atoms with Gasteiger partial charge in [0.25, 0.3) is 5.91 Å². The molecular formula is C22H21NO4S. The molecule has 6 heteroatoms. The fraction of sp³-hybridized carbons (Fsp3) is 0.227. The van der Waals surface area contributed by atoms with Gasteiger partial charge in [-0.25, -0.2) is 0 Å². The second-order valence-electron chi connectivity index (χ2n) is 6.76. The number of primary amides is 1. The molecule has 5 nitrogen and oxygen atoms in total. The molecule has 28 heavy (non-hydrogen) atoms. The van der Waals surface area contributed by atoms with Crippen molar-refractivity contribution in [3.05, 3.63) is 82.4 Å². The maximum absolute atomic E-state index is 11.8. The number of benzene rings is 2. The number of carbonyl (C=O) groups excluding carboxylic acids is 1. The van der Waals surface area contributed by atoms with E-state index in [1.54, 1.807) is 17.4 Å². The lowest BCUT2D eigenvalue weighted by Crippen LogP contribution is -2.29. The van der Waals surface area contributed by atoms with E-state index in [1.807, 2.05) is 36.4 Å². The predicted molar refractivity (Wildman–Crippen MR) is 108 cm³/mol. The number of fused-ring (bicyclic) bond motifs is 1. The minimum absolute atomic E-state index is 0.00540. The van der Waals surface area contributed by atoms with Gasteiger partial charge in [-0.3, -0.25) is 4.79 Å². The van der Waals surface area contributed by atoms with Gasteiger partial charge in [-0.2, -0.15) is 0 Å². The first-order valence-corrected chi connectivity index (χ1v) is 9.96. The minimum Gasteiger partial charge on any atom is -0.459 e. The molecule has 144 valence electrons. The number of hydrogen-bond donors (Lipinski definition) is 2. The van der Waals surface area contributed by atoms with Crippen molar-refractivity contribution in [2.45, 2.75) is 31.8 Å². The Bertz CT molecular complexity index is 1010. The molecule has 0 unspecified atom stereocenters. The lowest BCUT2D eigenvalue weighted by molar-refractivity contribution is -0.148. The second-order valence-corrected chi connectivity index (χ2v) is 7.67. The lowest BCUT2D eigenvalue weighted by Gasteiger charge is -2.28. The topological polar surface area (TPSA) is 81.8 Å². The van der Waals surface area contributed by atoms with E-state index in [0.29, 0.717) is 13.0 Å². The van der Waals surface area contributed by atoms with Gasteiger partial charge in [0.15, 0.2) is 5.76 Å². The smallest absolute Gasteiger partial charge is 0.283 e.